The van der Waals surface area contributed by atoms with Crippen LogP contribution in [0.3, 0.4) is 0 Å². The van der Waals surface area contributed by atoms with E-state index in [0.29, 0.717) is 67.3 Å². The molecule has 0 saturated heterocycles. The molecule has 0 unspecified atom stereocenters. The molecule has 0 saturated carbocycles. The van der Waals surface area contributed by atoms with Crippen LogP contribution in [0.5, 0.6) is 0 Å². The number of hydrogen-bond donors (Lipinski definition) is 0. The Kier molecular flexibility index (Phi) is 18.3. The molecule has 22 rings (SSSR count). The Balaban J connectivity index is 0.000000152. The van der Waals surface area contributed by atoms with Crippen molar-refractivity contribution >= 4 is 87.2 Å². The van der Waals surface area contributed by atoms with Crippen LogP contribution in [0, 0.1) is 68.0 Å². The Morgan fingerprint density at radius 1 is 0.194 bits per heavy atom. The van der Waals surface area contributed by atoms with E-state index in [0.717, 1.165) is 144 Å². The molecule has 0 amide bonds. The molecule has 124 heavy (non-hydrogen) atoms. The first kappa shape index (κ1) is 73.6. The van der Waals surface area contributed by atoms with Gasteiger partial charge in [0.2, 0.25) is 0 Å². The molecule has 0 radical (unpaired) electrons. The maximum Gasteiger partial charge on any atom is 0.102 e. The number of aromatic nitrogens is 6. The van der Waals surface area contributed by atoms with E-state index in [1.54, 1.807) is 0 Å². The van der Waals surface area contributed by atoms with E-state index < -0.39 is 0 Å². The van der Waals surface area contributed by atoms with Crippen molar-refractivity contribution in [3.63, 3.8) is 0 Å². The Hall–Kier alpha value is -18.0. The Morgan fingerprint density at radius 3 is 0.984 bits per heavy atom. The normalized spacial score (nSPS) is 11.2. The number of benzene rings is 16. The number of rotatable bonds is 12. The standard InChI is InChI=1S/2C56H32N6/c57-33-39-32-38(55-47(35-59)51(36-16-5-1-6-17-36)46(34-58)54(60-55)37-18-7-2-8-19-37)28-29-42(39)43-25-15-26-45-53-50(62(56(43)45)41-22-11-4-12-23-41)31-30-49-52(53)44-24-13-14-27-48(44)61(49)40-20-9-3-10-21-40;57-33-40-31-39(55-48(35-59)52(36-15-5-1-6-16-36)47(34-58)54(60-55)37-17-7-2-8-18-37)25-27-43(40)38-26-29-50-46(32-38)44-28-30-51-53(56(44)62(50)42-21-11-4-12-22-42)45-23-13-14-24-49(45)61(51)41-19-9-3-10-20-41/h2*1-32H. The average Bonchev–Trinajstić information content (AvgIpc) is 1.53. The Labute approximate surface area is 712 Å². The molecule has 0 aliphatic rings. The molecule has 6 aromatic heterocycles. The molecule has 572 valence electrons. The largest absolute Gasteiger partial charge is 0.309 e. The lowest BCUT2D eigenvalue weighted by atomic mass is 9.88. The van der Waals surface area contributed by atoms with Crippen LogP contribution in [-0.4, -0.2) is 28.2 Å². The van der Waals surface area contributed by atoms with Gasteiger partial charge in [0.1, 0.15) is 24.3 Å². The molecule has 0 N–H and O–H groups in total. The third kappa shape index (κ3) is 12.0. The fraction of sp³-hybridized carbons (Fsp3) is 0. The molecule has 0 aliphatic heterocycles. The summed E-state index contributed by atoms with van der Waals surface area (Å²) in [5, 5.41) is 73.6. The predicted octanol–water partition coefficient (Wildman–Crippen LogP) is 27.1. The maximum atomic E-state index is 11.0. The molecule has 0 bridgehead atoms. The Morgan fingerprint density at radius 2 is 0.524 bits per heavy atom. The predicted molar refractivity (Wildman–Crippen MR) is 498 cm³/mol. The van der Waals surface area contributed by atoms with Crippen LogP contribution in [0.25, 0.3) is 200 Å². The van der Waals surface area contributed by atoms with E-state index >= 15 is 0 Å². The summed E-state index contributed by atoms with van der Waals surface area (Å²) in [6.07, 6.45) is 0. The highest BCUT2D eigenvalue weighted by Crippen LogP contribution is 2.49. The van der Waals surface area contributed by atoms with Gasteiger partial charge in [-0.3, -0.25) is 0 Å². The smallest absolute Gasteiger partial charge is 0.102 e. The highest BCUT2D eigenvalue weighted by molar-refractivity contribution is 6.31. The summed E-state index contributed by atoms with van der Waals surface area (Å²) in [7, 11) is 0. The summed E-state index contributed by atoms with van der Waals surface area (Å²) in [5.74, 6) is 0. The van der Waals surface area contributed by atoms with Crippen LogP contribution >= 0.6 is 0 Å². The summed E-state index contributed by atoms with van der Waals surface area (Å²) in [6.45, 7) is 0. The fourth-order valence-electron chi connectivity index (χ4n) is 18.4. The topological polar surface area (TPSA) is 188 Å². The first-order chi connectivity index (χ1) is 61.3. The van der Waals surface area contributed by atoms with Crippen molar-refractivity contribution in [3.05, 3.63) is 422 Å². The second-order valence-electron chi connectivity index (χ2n) is 30.4. The SMILES string of the molecule is N#Cc1cc(-c2nc(-c3ccccc3)c(C#N)c(-c3ccccc3)c2C#N)ccc1-c1ccc2c(c1)c1ccc3c(c4ccccc4n3-c3ccccc3)c1n2-c1ccccc1.N#Cc1cc(-c2nc(-c3ccccc3)c(C#N)c(-c3ccccc3)c2C#N)ccc1-c1cccc2c3c4c5ccccc5n(-c5ccccc5)c4ccc3n(-c3ccccc3)c12. The number of hydrogen-bond acceptors (Lipinski definition) is 8. The number of nitrogens with zero attached hydrogens (tertiary/aromatic N) is 12. The molecule has 12 heteroatoms. The molecule has 6 heterocycles. The molecular weight excluding hydrogens is 1510 g/mol. The van der Waals surface area contributed by atoms with Crippen molar-refractivity contribution in [1.82, 2.24) is 28.2 Å². The second-order valence-corrected chi connectivity index (χ2v) is 30.4. The summed E-state index contributed by atoms with van der Waals surface area (Å²) in [6, 6.07) is 145. The molecule has 22 aromatic rings. The van der Waals surface area contributed by atoms with Gasteiger partial charge in [-0.25, -0.2) is 9.97 Å². The van der Waals surface area contributed by atoms with Gasteiger partial charge < -0.3 is 18.3 Å². The lowest BCUT2D eigenvalue weighted by molar-refractivity contribution is 1.17. The van der Waals surface area contributed by atoms with Gasteiger partial charge >= 0.3 is 0 Å². The molecule has 0 fully saturated rings. The van der Waals surface area contributed by atoms with E-state index in [1.807, 2.05) is 182 Å². The Bertz CT molecular complexity index is 8380. The van der Waals surface area contributed by atoms with Crippen LogP contribution in [0.1, 0.15) is 33.4 Å². The van der Waals surface area contributed by atoms with Gasteiger partial charge in [-0.2, -0.15) is 31.6 Å². The number of para-hydroxylation sites is 7. The first-order valence-electron chi connectivity index (χ1n) is 40.6. The lowest BCUT2D eigenvalue weighted by Crippen LogP contribution is -2.02. The van der Waals surface area contributed by atoms with Gasteiger partial charge in [0.05, 0.1) is 112 Å². The summed E-state index contributed by atoms with van der Waals surface area (Å²) in [5.41, 5.74) is 25.3. The van der Waals surface area contributed by atoms with Crippen LogP contribution in [0.4, 0.5) is 0 Å². The number of pyridine rings is 2. The van der Waals surface area contributed by atoms with E-state index in [2.05, 4.69) is 261 Å². The highest BCUT2D eigenvalue weighted by atomic mass is 15.0. The van der Waals surface area contributed by atoms with E-state index in [9.17, 15) is 31.6 Å². The van der Waals surface area contributed by atoms with Gasteiger partial charge in [-0.15, -0.1) is 0 Å². The quantitative estimate of drug-likeness (QED) is 0.115. The van der Waals surface area contributed by atoms with Gasteiger partial charge in [0.25, 0.3) is 0 Å². The van der Waals surface area contributed by atoms with Crippen LogP contribution in [0.2, 0.25) is 0 Å². The summed E-state index contributed by atoms with van der Waals surface area (Å²) < 4.78 is 9.36. The molecular formula is C112H64N12. The van der Waals surface area contributed by atoms with Crippen molar-refractivity contribution in [3.8, 4) is 149 Å². The summed E-state index contributed by atoms with van der Waals surface area (Å²) >= 11 is 0. The zero-order chi connectivity index (χ0) is 83.5. The van der Waals surface area contributed by atoms with Gasteiger partial charge in [-0.1, -0.05) is 285 Å². The average molecular weight is 1580 g/mol. The van der Waals surface area contributed by atoms with Crippen molar-refractivity contribution in [2.24, 2.45) is 0 Å². The second kappa shape index (κ2) is 30.8. The highest BCUT2D eigenvalue weighted by Gasteiger charge is 2.30. The van der Waals surface area contributed by atoms with E-state index in [1.165, 1.54) is 10.8 Å². The van der Waals surface area contributed by atoms with Crippen molar-refractivity contribution in [1.29, 1.82) is 31.6 Å². The van der Waals surface area contributed by atoms with Crippen molar-refractivity contribution < 1.29 is 0 Å². The first-order valence-corrected chi connectivity index (χ1v) is 40.6. The zero-order valence-corrected chi connectivity index (χ0v) is 66.3. The van der Waals surface area contributed by atoms with Crippen LogP contribution in [0.15, 0.2) is 388 Å². The lowest BCUT2D eigenvalue weighted by Gasteiger charge is -2.17. The van der Waals surface area contributed by atoms with E-state index in [-0.39, 0.29) is 11.1 Å². The van der Waals surface area contributed by atoms with Crippen molar-refractivity contribution in [2.75, 3.05) is 0 Å². The molecule has 0 aliphatic carbocycles. The molecule has 12 nitrogen and oxygen atoms in total. The minimum absolute atomic E-state index is 0.272. The van der Waals surface area contributed by atoms with Gasteiger partial charge in [0, 0.05) is 110 Å². The third-order valence-electron chi connectivity index (χ3n) is 23.7. The van der Waals surface area contributed by atoms with Crippen LogP contribution in [-0.2, 0) is 0 Å². The molecule has 0 atom stereocenters. The minimum Gasteiger partial charge on any atom is -0.309 e. The molecule has 0 spiro atoms. The zero-order valence-electron chi connectivity index (χ0n) is 66.3. The number of fused-ring (bicyclic) bond motifs is 14. The number of nitriles is 6. The van der Waals surface area contributed by atoms with Gasteiger partial charge in [-0.05, 0) is 125 Å². The fourth-order valence-corrected chi connectivity index (χ4v) is 18.4. The minimum atomic E-state index is 0.272. The molecule has 16 aromatic carbocycles. The van der Waals surface area contributed by atoms with Crippen LogP contribution < -0.4 is 0 Å². The van der Waals surface area contributed by atoms with Crippen molar-refractivity contribution in [2.45, 2.75) is 0 Å². The van der Waals surface area contributed by atoms with E-state index in [4.69, 9.17) is 9.97 Å². The maximum absolute atomic E-state index is 11.0. The summed E-state index contributed by atoms with van der Waals surface area (Å²) in [4.78, 5) is 10.1. The monoisotopic (exact) mass is 1580 g/mol. The third-order valence-corrected chi connectivity index (χ3v) is 23.7. The van der Waals surface area contributed by atoms with Gasteiger partial charge in [0.15, 0.2) is 0 Å².